The van der Waals surface area contributed by atoms with E-state index in [0.29, 0.717) is 55.4 Å². The lowest BCUT2D eigenvalue weighted by Crippen LogP contribution is -2.44. The summed E-state index contributed by atoms with van der Waals surface area (Å²) >= 11 is 0. The monoisotopic (exact) mass is 445 g/mol. The van der Waals surface area contributed by atoms with E-state index in [1.807, 2.05) is 32.9 Å². The van der Waals surface area contributed by atoms with Gasteiger partial charge in [0.05, 0.1) is 18.5 Å². The van der Waals surface area contributed by atoms with Crippen molar-refractivity contribution in [3.63, 3.8) is 0 Å². The SMILES string of the molecule is COc1cc(N(CC2CCN(C(=O)O)CC2)C(=O)OC(C)(C)C)ccc1-c1cc(N)n[nH]1. The van der Waals surface area contributed by atoms with Crippen LogP contribution in [0.2, 0.25) is 0 Å². The van der Waals surface area contributed by atoms with Crippen molar-refractivity contribution in [2.24, 2.45) is 5.92 Å². The number of likely N-dealkylation sites (tertiary alicyclic amines) is 1. The summed E-state index contributed by atoms with van der Waals surface area (Å²) < 4.78 is 11.2. The number of benzene rings is 1. The predicted molar refractivity (Wildman–Crippen MR) is 121 cm³/mol. The van der Waals surface area contributed by atoms with Crippen molar-refractivity contribution in [2.45, 2.75) is 39.2 Å². The molecular weight excluding hydrogens is 414 g/mol. The Balaban J connectivity index is 1.87. The number of aromatic amines is 1. The Hall–Kier alpha value is -3.43. The van der Waals surface area contributed by atoms with Crippen LogP contribution in [0.1, 0.15) is 33.6 Å². The predicted octanol–water partition coefficient (Wildman–Crippen LogP) is 3.80. The Morgan fingerprint density at radius 2 is 1.97 bits per heavy atom. The first-order valence-corrected chi connectivity index (χ1v) is 10.5. The number of nitrogens with one attached hydrogen (secondary N) is 1. The molecule has 2 heterocycles. The Bertz CT molecular complexity index is 960. The van der Waals surface area contributed by atoms with E-state index in [-0.39, 0.29) is 5.92 Å². The molecular formula is C22H31N5O5. The van der Waals surface area contributed by atoms with Gasteiger partial charge in [-0.15, -0.1) is 0 Å². The average molecular weight is 446 g/mol. The Morgan fingerprint density at radius 1 is 1.28 bits per heavy atom. The number of methoxy groups -OCH3 is 1. The molecule has 174 valence electrons. The second-order valence-electron chi connectivity index (χ2n) is 8.90. The van der Waals surface area contributed by atoms with Crippen LogP contribution in [0.4, 0.5) is 21.1 Å². The maximum Gasteiger partial charge on any atom is 0.414 e. The Morgan fingerprint density at radius 3 is 2.50 bits per heavy atom. The molecule has 1 aromatic heterocycles. The van der Waals surface area contributed by atoms with Gasteiger partial charge in [0, 0.05) is 37.3 Å². The number of aromatic nitrogens is 2. The second-order valence-corrected chi connectivity index (χ2v) is 8.90. The summed E-state index contributed by atoms with van der Waals surface area (Å²) in [6.07, 6.45) is -0.0198. The van der Waals surface area contributed by atoms with Crippen molar-refractivity contribution < 1.29 is 24.2 Å². The molecule has 32 heavy (non-hydrogen) atoms. The fourth-order valence-electron chi connectivity index (χ4n) is 3.71. The topological polar surface area (TPSA) is 134 Å². The van der Waals surface area contributed by atoms with Gasteiger partial charge in [0.25, 0.3) is 0 Å². The number of nitrogen functional groups attached to an aromatic ring is 1. The molecule has 0 radical (unpaired) electrons. The van der Waals surface area contributed by atoms with Crippen LogP contribution in [-0.2, 0) is 4.74 Å². The molecule has 1 aliphatic rings. The summed E-state index contributed by atoms with van der Waals surface area (Å²) in [4.78, 5) is 27.3. The number of carboxylic acid groups (broad SMARTS) is 1. The zero-order valence-electron chi connectivity index (χ0n) is 18.9. The van der Waals surface area contributed by atoms with Crippen LogP contribution >= 0.6 is 0 Å². The van der Waals surface area contributed by atoms with Gasteiger partial charge in [-0.25, -0.2) is 9.59 Å². The van der Waals surface area contributed by atoms with E-state index in [4.69, 9.17) is 15.2 Å². The molecule has 0 atom stereocenters. The number of H-pyrrole nitrogens is 1. The number of piperidine rings is 1. The molecule has 1 saturated heterocycles. The number of carbonyl (C=O) groups excluding carboxylic acids is 1. The molecule has 0 spiro atoms. The number of nitrogens with zero attached hydrogens (tertiary/aromatic N) is 3. The van der Waals surface area contributed by atoms with Crippen LogP contribution in [0.5, 0.6) is 5.75 Å². The van der Waals surface area contributed by atoms with Gasteiger partial charge in [-0.3, -0.25) is 10.00 Å². The van der Waals surface area contributed by atoms with Crippen molar-refractivity contribution in [1.82, 2.24) is 15.1 Å². The maximum atomic E-state index is 13.1. The molecule has 4 N–H and O–H groups in total. The van der Waals surface area contributed by atoms with Crippen molar-refractivity contribution in [1.29, 1.82) is 0 Å². The molecule has 1 aliphatic heterocycles. The summed E-state index contributed by atoms with van der Waals surface area (Å²) in [6.45, 7) is 6.78. The zero-order valence-corrected chi connectivity index (χ0v) is 18.9. The molecule has 2 amide bonds. The number of hydrogen-bond acceptors (Lipinski definition) is 6. The van der Waals surface area contributed by atoms with Crippen molar-refractivity contribution >= 4 is 23.7 Å². The van der Waals surface area contributed by atoms with Gasteiger partial charge in [-0.2, -0.15) is 5.10 Å². The molecule has 3 rings (SSSR count). The highest BCUT2D eigenvalue weighted by atomic mass is 16.6. The molecule has 0 bridgehead atoms. The normalized spacial score (nSPS) is 14.8. The van der Waals surface area contributed by atoms with Gasteiger partial charge < -0.3 is 25.2 Å². The van der Waals surface area contributed by atoms with Crippen LogP contribution in [0, 0.1) is 5.92 Å². The smallest absolute Gasteiger partial charge is 0.414 e. The molecule has 10 nitrogen and oxygen atoms in total. The first-order valence-electron chi connectivity index (χ1n) is 10.5. The van der Waals surface area contributed by atoms with Crippen LogP contribution in [0.3, 0.4) is 0 Å². The van der Waals surface area contributed by atoms with E-state index in [9.17, 15) is 14.7 Å². The van der Waals surface area contributed by atoms with Crippen LogP contribution in [-0.4, -0.2) is 64.7 Å². The second kappa shape index (κ2) is 9.37. The number of ether oxygens (including phenoxy) is 2. The molecule has 0 aliphatic carbocycles. The van der Waals surface area contributed by atoms with E-state index in [1.54, 1.807) is 24.1 Å². The number of rotatable bonds is 5. The lowest BCUT2D eigenvalue weighted by atomic mass is 9.96. The Labute approximate surface area is 187 Å². The number of hydrogen-bond donors (Lipinski definition) is 3. The standard InChI is InChI=1S/C22H31N5O5/c1-22(2,3)32-21(30)27(13-14-7-9-26(10-8-14)20(28)29)15-5-6-16(18(11-15)31-4)17-12-19(23)25-24-17/h5-6,11-12,14H,7-10,13H2,1-4H3,(H,28,29)(H3,23,24,25). The fraction of sp³-hybridized carbons (Fsp3) is 0.500. The molecule has 10 heteroatoms. The number of carbonyl (C=O) groups is 2. The first-order chi connectivity index (χ1) is 15.1. The van der Waals surface area contributed by atoms with Gasteiger partial charge in [0.1, 0.15) is 17.2 Å². The average Bonchev–Trinajstić information content (AvgIpc) is 3.16. The third-order valence-corrected chi connectivity index (χ3v) is 5.32. The quantitative estimate of drug-likeness (QED) is 0.637. The van der Waals surface area contributed by atoms with Gasteiger partial charge in [0.2, 0.25) is 0 Å². The minimum Gasteiger partial charge on any atom is -0.496 e. The largest absolute Gasteiger partial charge is 0.496 e. The lowest BCUT2D eigenvalue weighted by molar-refractivity contribution is 0.0566. The molecule has 0 unspecified atom stereocenters. The highest BCUT2D eigenvalue weighted by Gasteiger charge is 2.29. The van der Waals surface area contributed by atoms with E-state index in [0.717, 1.165) is 5.56 Å². The lowest BCUT2D eigenvalue weighted by Gasteiger charge is -2.34. The first kappa shape index (κ1) is 23.2. The van der Waals surface area contributed by atoms with E-state index < -0.39 is 17.8 Å². The molecule has 2 aromatic rings. The van der Waals surface area contributed by atoms with Crippen molar-refractivity contribution in [2.75, 3.05) is 37.4 Å². The summed E-state index contributed by atoms with van der Waals surface area (Å²) in [5.74, 6) is 1.07. The van der Waals surface area contributed by atoms with E-state index in [2.05, 4.69) is 10.2 Å². The highest BCUT2D eigenvalue weighted by molar-refractivity contribution is 5.89. The highest BCUT2D eigenvalue weighted by Crippen LogP contribution is 2.34. The number of amides is 2. The fourth-order valence-corrected chi connectivity index (χ4v) is 3.71. The molecule has 1 fully saturated rings. The van der Waals surface area contributed by atoms with Crippen molar-refractivity contribution in [3.05, 3.63) is 24.3 Å². The number of anilines is 2. The van der Waals surface area contributed by atoms with Gasteiger partial charge >= 0.3 is 12.2 Å². The molecule has 1 aromatic carbocycles. The summed E-state index contributed by atoms with van der Waals surface area (Å²) in [5.41, 5.74) is 7.17. The third-order valence-electron chi connectivity index (χ3n) is 5.32. The van der Waals surface area contributed by atoms with Crippen LogP contribution < -0.4 is 15.4 Å². The minimum atomic E-state index is -0.910. The van der Waals surface area contributed by atoms with Crippen LogP contribution in [0.15, 0.2) is 24.3 Å². The minimum absolute atomic E-state index is 0.149. The number of nitrogens with two attached hydrogens (primary N) is 1. The summed E-state index contributed by atoms with van der Waals surface area (Å²) in [5, 5.41) is 16.0. The van der Waals surface area contributed by atoms with Gasteiger partial charge in [-0.1, -0.05) is 0 Å². The Kier molecular flexibility index (Phi) is 6.81. The van der Waals surface area contributed by atoms with Gasteiger partial charge in [-0.05, 0) is 51.7 Å². The van der Waals surface area contributed by atoms with E-state index in [1.165, 1.54) is 4.90 Å². The maximum absolute atomic E-state index is 13.1. The zero-order chi connectivity index (χ0) is 23.5. The van der Waals surface area contributed by atoms with Gasteiger partial charge in [0.15, 0.2) is 0 Å². The van der Waals surface area contributed by atoms with Crippen molar-refractivity contribution in [3.8, 4) is 17.0 Å². The molecule has 0 saturated carbocycles. The van der Waals surface area contributed by atoms with Crippen LogP contribution in [0.25, 0.3) is 11.3 Å². The summed E-state index contributed by atoms with van der Waals surface area (Å²) in [6, 6.07) is 7.15. The third kappa shape index (κ3) is 5.63. The summed E-state index contributed by atoms with van der Waals surface area (Å²) in [7, 11) is 1.56. The van der Waals surface area contributed by atoms with E-state index >= 15 is 0 Å².